The third-order valence-corrected chi connectivity index (χ3v) is 4.65. The van der Waals surface area contributed by atoms with Crippen LogP contribution in [0.2, 0.25) is 0 Å². The molecule has 0 amide bonds. The summed E-state index contributed by atoms with van der Waals surface area (Å²) in [6.45, 7) is 3.85. The second-order valence-corrected chi connectivity index (χ2v) is 6.53. The summed E-state index contributed by atoms with van der Waals surface area (Å²) in [5.41, 5.74) is 4.47. The molecule has 0 aromatic heterocycles. The molecule has 0 atom stereocenters. The maximum atomic E-state index is 14.5. The van der Waals surface area contributed by atoms with E-state index in [2.05, 4.69) is 11.8 Å². The molecule has 0 saturated carbocycles. The van der Waals surface area contributed by atoms with Gasteiger partial charge in [0.2, 0.25) is 0 Å². The number of aryl methyl sites for hydroxylation is 1. The molecule has 3 aromatic carbocycles. The fourth-order valence-corrected chi connectivity index (χ4v) is 3.11. The minimum atomic E-state index is -0.765. The minimum absolute atomic E-state index is 0.299. The van der Waals surface area contributed by atoms with Crippen LogP contribution < -0.4 is 0 Å². The molecule has 0 aliphatic carbocycles. The highest BCUT2D eigenvalue weighted by Gasteiger charge is 2.14. The number of hydrogen-bond donors (Lipinski definition) is 0. The molecule has 0 heterocycles. The van der Waals surface area contributed by atoms with Gasteiger partial charge in [-0.3, -0.25) is 0 Å². The molecule has 0 N–H and O–H groups in total. The first kappa shape index (κ1) is 18.9. The quantitative estimate of drug-likeness (QED) is 0.429. The lowest BCUT2D eigenvalue weighted by Gasteiger charge is -2.10. The first-order chi connectivity index (χ1) is 13.1. The van der Waals surface area contributed by atoms with Crippen LogP contribution >= 0.6 is 0 Å². The Hall–Kier alpha value is -2.92. The fraction of sp³-hybridized carbons (Fsp3) is 0.200. The molecule has 0 aliphatic rings. The predicted octanol–water partition coefficient (Wildman–Crippen LogP) is 7.01. The molecule has 0 saturated heterocycles. The molecule has 27 heavy (non-hydrogen) atoms. The van der Waals surface area contributed by atoms with Crippen molar-refractivity contribution in [1.29, 1.82) is 0 Å². The molecule has 3 rings (SSSR count). The van der Waals surface area contributed by atoms with Crippen molar-refractivity contribution in [2.45, 2.75) is 33.1 Å². The van der Waals surface area contributed by atoms with Crippen molar-refractivity contribution in [1.82, 2.24) is 0 Å². The molecular formula is C25H22F2. The Morgan fingerprint density at radius 2 is 1.33 bits per heavy atom. The van der Waals surface area contributed by atoms with E-state index < -0.39 is 11.6 Å². The van der Waals surface area contributed by atoms with Crippen molar-refractivity contribution in [3.8, 4) is 34.1 Å². The summed E-state index contributed by atoms with van der Waals surface area (Å²) < 4.78 is 28.9. The van der Waals surface area contributed by atoms with E-state index in [0.29, 0.717) is 23.1 Å². The molecule has 0 aliphatic heterocycles. The third-order valence-electron chi connectivity index (χ3n) is 4.65. The van der Waals surface area contributed by atoms with Crippen LogP contribution in [-0.2, 0) is 6.42 Å². The number of halogens is 2. The molecule has 0 nitrogen and oxygen atoms in total. The normalized spacial score (nSPS) is 10.4. The maximum Gasteiger partial charge on any atom is 0.166 e. The van der Waals surface area contributed by atoms with E-state index in [4.69, 9.17) is 0 Å². The molecule has 0 spiro atoms. The van der Waals surface area contributed by atoms with Crippen molar-refractivity contribution in [3.05, 3.63) is 83.4 Å². The average molecular weight is 360 g/mol. The van der Waals surface area contributed by atoms with E-state index in [1.54, 1.807) is 12.1 Å². The van der Waals surface area contributed by atoms with Crippen molar-refractivity contribution in [2.75, 3.05) is 0 Å². The van der Waals surface area contributed by atoms with E-state index in [0.717, 1.165) is 29.5 Å². The summed E-state index contributed by atoms with van der Waals surface area (Å²) >= 11 is 0. The zero-order valence-electron chi connectivity index (χ0n) is 15.7. The zero-order valence-corrected chi connectivity index (χ0v) is 15.7. The molecule has 2 heteroatoms. The predicted molar refractivity (Wildman–Crippen MR) is 108 cm³/mol. The van der Waals surface area contributed by atoms with E-state index >= 15 is 0 Å². The van der Waals surface area contributed by atoms with Gasteiger partial charge in [0.05, 0.1) is 0 Å². The first-order valence-electron chi connectivity index (χ1n) is 9.24. The van der Waals surface area contributed by atoms with E-state index in [9.17, 15) is 8.78 Å². The lowest BCUT2D eigenvalue weighted by Crippen LogP contribution is -1.97. The van der Waals surface area contributed by atoms with Crippen LogP contribution in [0.1, 0.15) is 37.8 Å². The van der Waals surface area contributed by atoms with Crippen LogP contribution in [-0.4, -0.2) is 0 Å². The molecule has 0 radical (unpaired) electrons. The van der Waals surface area contributed by atoms with Gasteiger partial charge < -0.3 is 0 Å². The Bertz CT molecular complexity index is 972. The van der Waals surface area contributed by atoms with Gasteiger partial charge in [0.1, 0.15) is 0 Å². The van der Waals surface area contributed by atoms with Crippen LogP contribution in [0.3, 0.4) is 0 Å². The van der Waals surface area contributed by atoms with Crippen LogP contribution in [0.25, 0.3) is 22.3 Å². The molecule has 136 valence electrons. The minimum Gasteiger partial charge on any atom is -0.203 e. The van der Waals surface area contributed by atoms with Crippen molar-refractivity contribution in [2.24, 2.45) is 0 Å². The van der Waals surface area contributed by atoms with E-state index in [-0.39, 0.29) is 0 Å². The molecule has 0 bridgehead atoms. The van der Waals surface area contributed by atoms with E-state index in [1.165, 1.54) is 0 Å². The number of rotatable bonds is 5. The zero-order chi connectivity index (χ0) is 19.2. The highest BCUT2D eigenvalue weighted by molar-refractivity contribution is 5.71. The standard InChI is InChI=1S/C25H22F2/c1-3-5-7-22-16-17-23(25(27)24(22)26)21-14-12-20(13-15-21)19-10-8-18(6-4-2)9-11-19/h8-17H,3,5,7H2,1-2H3. The van der Waals surface area contributed by atoms with Crippen LogP contribution in [0.4, 0.5) is 8.78 Å². The Morgan fingerprint density at radius 3 is 1.93 bits per heavy atom. The molecule has 0 fully saturated rings. The second kappa shape index (κ2) is 8.64. The fourth-order valence-electron chi connectivity index (χ4n) is 3.11. The Morgan fingerprint density at radius 1 is 0.741 bits per heavy atom. The Balaban J connectivity index is 1.86. The number of benzene rings is 3. The number of hydrogen-bond acceptors (Lipinski definition) is 0. The Labute approximate surface area is 159 Å². The van der Waals surface area contributed by atoms with Crippen LogP contribution in [0, 0.1) is 23.5 Å². The van der Waals surface area contributed by atoms with Gasteiger partial charge in [-0.25, -0.2) is 8.78 Å². The molecule has 3 aromatic rings. The third kappa shape index (κ3) is 4.26. The Kier molecular flexibility index (Phi) is 6.04. The largest absolute Gasteiger partial charge is 0.203 e. The van der Waals surface area contributed by atoms with Gasteiger partial charge in [0.25, 0.3) is 0 Å². The lowest BCUT2D eigenvalue weighted by atomic mass is 9.97. The van der Waals surface area contributed by atoms with Gasteiger partial charge >= 0.3 is 0 Å². The molecule has 0 unspecified atom stereocenters. The second-order valence-electron chi connectivity index (χ2n) is 6.53. The molecular weight excluding hydrogens is 338 g/mol. The topological polar surface area (TPSA) is 0 Å². The first-order valence-corrected chi connectivity index (χ1v) is 9.24. The van der Waals surface area contributed by atoms with Gasteiger partial charge in [0, 0.05) is 11.1 Å². The smallest absolute Gasteiger partial charge is 0.166 e. The highest BCUT2D eigenvalue weighted by Crippen LogP contribution is 2.29. The highest BCUT2D eigenvalue weighted by atomic mass is 19.2. The average Bonchev–Trinajstić information content (AvgIpc) is 2.70. The summed E-state index contributed by atoms with van der Waals surface area (Å²) in [5, 5.41) is 0. The van der Waals surface area contributed by atoms with Gasteiger partial charge in [-0.2, -0.15) is 0 Å². The number of unbranched alkanes of at least 4 members (excludes halogenated alkanes) is 1. The van der Waals surface area contributed by atoms with Crippen molar-refractivity contribution >= 4 is 0 Å². The van der Waals surface area contributed by atoms with Gasteiger partial charge in [-0.05, 0) is 54.2 Å². The SMILES string of the molecule is CC#Cc1ccc(-c2ccc(-c3ccc(CCCC)c(F)c3F)cc2)cc1. The van der Waals surface area contributed by atoms with Gasteiger partial charge in [-0.15, -0.1) is 5.92 Å². The summed E-state index contributed by atoms with van der Waals surface area (Å²) in [6, 6.07) is 18.9. The summed E-state index contributed by atoms with van der Waals surface area (Å²) in [7, 11) is 0. The monoisotopic (exact) mass is 360 g/mol. The van der Waals surface area contributed by atoms with Crippen LogP contribution in [0.5, 0.6) is 0 Å². The van der Waals surface area contributed by atoms with Gasteiger partial charge in [-0.1, -0.05) is 67.8 Å². The summed E-state index contributed by atoms with van der Waals surface area (Å²) in [4.78, 5) is 0. The summed E-state index contributed by atoms with van der Waals surface area (Å²) in [5.74, 6) is 4.41. The van der Waals surface area contributed by atoms with Crippen molar-refractivity contribution < 1.29 is 8.78 Å². The van der Waals surface area contributed by atoms with Crippen molar-refractivity contribution in [3.63, 3.8) is 0 Å². The van der Waals surface area contributed by atoms with Crippen LogP contribution in [0.15, 0.2) is 60.7 Å². The van der Waals surface area contributed by atoms with Gasteiger partial charge in [0.15, 0.2) is 11.6 Å². The van der Waals surface area contributed by atoms with E-state index in [1.807, 2.05) is 62.4 Å². The summed E-state index contributed by atoms with van der Waals surface area (Å²) in [6.07, 6.45) is 2.38. The lowest BCUT2D eigenvalue weighted by molar-refractivity contribution is 0.499. The maximum absolute atomic E-state index is 14.5.